The van der Waals surface area contributed by atoms with Gasteiger partial charge in [0.1, 0.15) is 5.75 Å². The number of fused-ring (bicyclic) bond motifs is 2. The fourth-order valence-electron chi connectivity index (χ4n) is 3.74. The molecule has 1 heterocycles. The van der Waals surface area contributed by atoms with E-state index in [1.807, 2.05) is 43.3 Å². The van der Waals surface area contributed by atoms with E-state index in [1.54, 1.807) is 18.4 Å². The third-order valence-electron chi connectivity index (χ3n) is 5.43. The van der Waals surface area contributed by atoms with Crippen LogP contribution in [0.15, 0.2) is 36.4 Å². The molecule has 0 spiro atoms. The number of rotatable bonds is 6. The molecule has 0 saturated carbocycles. The van der Waals surface area contributed by atoms with E-state index in [0.29, 0.717) is 6.54 Å². The summed E-state index contributed by atoms with van der Waals surface area (Å²) in [5.41, 5.74) is 4.32. The molecular weight excluding hydrogens is 418 g/mol. The highest BCUT2D eigenvalue weighted by atomic mass is 35.5. The van der Waals surface area contributed by atoms with Crippen molar-refractivity contribution in [3.63, 3.8) is 0 Å². The lowest BCUT2D eigenvalue weighted by molar-refractivity contribution is 0.0985. The Morgan fingerprint density at radius 3 is 2.57 bits per heavy atom. The predicted octanol–water partition coefficient (Wildman–Crippen LogP) is 4.81. The van der Waals surface area contributed by atoms with Crippen LogP contribution in [0.4, 0.5) is 5.13 Å². The largest absolute Gasteiger partial charge is 0.497 e. The van der Waals surface area contributed by atoms with Gasteiger partial charge in [-0.2, -0.15) is 0 Å². The van der Waals surface area contributed by atoms with Crippen molar-refractivity contribution < 1.29 is 9.53 Å². The van der Waals surface area contributed by atoms with Gasteiger partial charge in [-0.25, -0.2) is 4.98 Å². The van der Waals surface area contributed by atoms with Crippen LogP contribution in [0.5, 0.6) is 5.75 Å². The fourth-order valence-corrected chi connectivity index (χ4v) is 4.71. The van der Waals surface area contributed by atoms with Gasteiger partial charge in [-0.3, -0.25) is 9.69 Å². The van der Waals surface area contributed by atoms with Crippen molar-refractivity contribution in [1.29, 1.82) is 0 Å². The Hall–Kier alpha value is -2.15. The zero-order valence-corrected chi connectivity index (χ0v) is 19.3. The summed E-state index contributed by atoms with van der Waals surface area (Å²) in [7, 11) is 5.69. The molecule has 0 unspecified atom stereocenters. The number of anilines is 1. The summed E-state index contributed by atoms with van der Waals surface area (Å²) in [4.78, 5) is 22.2. The molecule has 1 aliphatic rings. The van der Waals surface area contributed by atoms with Crippen molar-refractivity contribution >= 4 is 45.0 Å². The normalized spacial score (nSPS) is 13.1. The van der Waals surface area contributed by atoms with Crippen molar-refractivity contribution in [1.82, 2.24) is 9.88 Å². The third-order valence-corrected chi connectivity index (χ3v) is 6.49. The van der Waals surface area contributed by atoms with Gasteiger partial charge in [0.2, 0.25) is 0 Å². The number of amides is 1. The molecule has 0 bridgehead atoms. The topological polar surface area (TPSA) is 45.7 Å². The number of likely N-dealkylation sites (N-methyl/N-ethyl adjacent to an activating group) is 1. The number of halogens is 1. The lowest BCUT2D eigenvalue weighted by Gasteiger charge is -2.23. The molecule has 0 aliphatic heterocycles. The highest BCUT2D eigenvalue weighted by Gasteiger charge is 2.23. The smallest absolute Gasteiger partial charge is 0.260 e. The Balaban J connectivity index is 0.00000256. The molecule has 0 saturated heterocycles. The van der Waals surface area contributed by atoms with Crippen LogP contribution >= 0.6 is 23.7 Å². The number of hydrogen-bond acceptors (Lipinski definition) is 5. The van der Waals surface area contributed by atoms with Crippen molar-refractivity contribution in [2.45, 2.75) is 25.7 Å². The van der Waals surface area contributed by atoms with Crippen LogP contribution in [0.25, 0.3) is 10.2 Å². The molecule has 160 valence electrons. The van der Waals surface area contributed by atoms with Gasteiger partial charge in [-0.1, -0.05) is 17.4 Å². The third kappa shape index (κ3) is 4.77. The number of thiazole rings is 1. The highest BCUT2D eigenvalue weighted by Crippen LogP contribution is 2.32. The second-order valence-electron chi connectivity index (χ2n) is 7.78. The molecule has 1 aliphatic carbocycles. The summed E-state index contributed by atoms with van der Waals surface area (Å²) in [5, 5.41) is 0.734. The minimum atomic E-state index is 0. The SMILES string of the molecule is COc1ccc2sc(N(CCN(C)C)C(=O)c3ccc4c(c3)CCCC4)nc2c1.Cl. The van der Waals surface area contributed by atoms with Crippen molar-refractivity contribution in [3.05, 3.63) is 53.1 Å². The predicted molar refractivity (Wildman–Crippen MR) is 127 cm³/mol. The quantitative estimate of drug-likeness (QED) is 0.546. The molecule has 0 fully saturated rings. The summed E-state index contributed by atoms with van der Waals surface area (Å²) in [6.45, 7) is 1.37. The first-order valence-electron chi connectivity index (χ1n) is 10.1. The van der Waals surface area contributed by atoms with Crippen LogP contribution in [-0.2, 0) is 12.8 Å². The van der Waals surface area contributed by atoms with E-state index in [1.165, 1.54) is 24.0 Å². The Labute approximate surface area is 188 Å². The van der Waals surface area contributed by atoms with E-state index < -0.39 is 0 Å². The van der Waals surface area contributed by atoms with Crippen LogP contribution < -0.4 is 9.64 Å². The number of aromatic nitrogens is 1. The molecule has 0 atom stereocenters. The molecule has 5 nitrogen and oxygen atoms in total. The number of ether oxygens (including phenoxy) is 1. The molecule has 2 aromatic carbocycles. The number of benzene rings is 2. The van der Waals surface area contributed by atoms with Gasteiger partial charge in [0, 0.05) is 24.7 Å². The van der Waals surface area contributed by atoms with Crippen molar-refractivity contribution in [2.24, 2.45) is 0 Å². The van der Waals surface area contributed by atoms with E-state index in [4.69, 9.17) is 9.72 Å². The standard InChI is InChI=1S/C23H27N3O2S.ClH/c1-25(2)12-13-26(23-24-20-15-19(28-3)10-11-21(20)29-23)22(27)18-9-8-16-6-4-5-7-17(16)14-18;/h8-11,14-15H,4-7,12-13H2,1-3H3;1H. The Morgan fingerprint density at radius 1 is 1.07 bits per heavy atom. The first kappa shape index (κ1) is 22.5. The van der Waals surface area contributed by atoms with Gasteiger partial charge in [-0.05, 0) is 75.2 Å². The van der Waals surface area contributed by atoms with Crippen molar-refractivity contribution in [2.75, 3.05) is 39.2 Å². The van der Waals surface area contributed by atoms with E-state index in [2.05, 4.69) is 17.0 Å². The van der Waals surface area contributed by atoms with Gasteiger partial charge in [0.05, 0.1) is 17.3 Å². The molecule has 1 aromatic heterocycles. The summed E-state index contributed by atoms with van der Waals surface area (Å²) in [5.74, 6) is 0.793. The van der Waals surface area contributed by atoms with Crippen LogP contribution in [0, 0.1) is 0 Å². The molecule has 0 radical (unpaired) electrons. The lowest BCUT2D eigenvalue weighted by Crippen LogP contribution is -2.36. The molecule has 30 heavy (non-hydrogen) atoms. The minimum Gasteiger partial charge on any atom is -0.497 e. The summed E-state index contributed by atoms with van der Waals surface area (Å²) < 4.78 is 6.37. The maximum absolute atomic E-state index is 13.5. The molecule has 3 aromatic rings. The molecule has 0 N–H and O–H groups in total. The molecule has 4 rings (SSSR count). The first-order chi connectivity index (χ1) is 14.0. The van der Waals surface area contributed by atoms with Gasteiger partial charge >= 0.3 is 0 Å². The molecule has 7 heteroatoms. The average Bonchev–Trinajstić information content (AvgIpc) is 3.15. The lowest BCUT2D eigenvalue weighted by atomic mass is 9.90. The maximum Gasteiger partial charge on any atom is 0.260 e. The van der Waals surface area contributed by atoms with E-state index in [9.17, 15) is 4.79 Å². The van der Waals surface area contributed by atoms with E-state index in [0.717, 1.165) is 46.0 Å². The minimum absolute atomic E-state index is 0. The zero-order chi connectivity index (χ0) is 20.4. The number of hydrogen-bond donors (Lipinski definition) is 0. The fraction of sp³-hybridized carbons (Fsp3) is 0.391. The van der Waals surface area contributed by atoms with Crippen LogP contribution in [0.2, 0.25) is 0 Å². The van der Waals surface area contributed by atoms with E-state index >= 15 is 0 Å². The maximum atomic E-state index is 13.5. The monoisotopic (exact) mass is 445 g/mol. The van der Waals surface area contributed by atoms with Crippen molar-refractivity contribution in [3.8, 4) is 5.75 Å². The van der Waals surface area contributed by atoms with E-state index in [-0.39, 0.29) is 18.3 Å². The molecular formula is C23H28ClN3O2S. The second-order valence-corrected chi connectivity index (χ2v) is 8.79. The van der Waals surface area contributed by atoms with Gasteiger partial charge in [-0.15, -0.1) is 12.4 Å². The number of carbonyl (C=O) groups is 1. The Bertz CT molecular complexity index is 1030. The zero-order valence-electron chi connectivity index (χ0n) is 17.7. The number of methoxy groups -OCH3 is 1. The number of aryl methyl sites for hydroxylation is 2. The van der Waals surface area contributed by atoms with Gasteiger partial charge in [0.25, 0.3) is 5.91 Å². The molecule has 1 amide bonds. The van der Waals surface area contributed by atoms with Crippen LogP contribution in [0.1, 0.15) is 34.3 Å². The summed E-state index contributed by atoms with van der Waals surface area (Å²) in [6.07, 6.45) is 4.63. The highest BCUT2D eigenvalue weighted by molar-refractivity contribution is 7.22. The summed E-state index contributed by atoms with van der Waals surface area (Å²) in [6, 6.07) is 12.1. The second kappa shape index (κ2) is 9.77. The number of carbonyl (C=O) groups excluding carboxylic acids is 1. The average molecular weight is 446 g/mol. The summed E-state index contributed by atoms with van der Waals surface area (Å²) >= 11 is 1.55. The van der Waals surface area contributed by atoms with Crippen LogP contribution in [-0.4, -0.2) is 50.1 Å². The van der Waals surface area contributed by atoms with Gasteiger partial charge < -0.3 is 9.64 Å². The Morgan fingerprint density at radius 2 is 1.83 bits per heavy atom. The van der Waals surface area contributed by atoms with Crippen LogP contribution in [0.3, 0.4) is 0 Å². The number of nitrogens with zero attached hydrogens (tertiary/aromatic N) is 3. The Kier molecular flexibility index (Phi) is 7.34. The van der Waals surface area contributed by atoms with Gasteiger partial charge in [0.15, 0.2) is 5.13 Å². The first-order valence-corrected chi connectivity index (χ1v) is 10.9.